The SMILES string of the molecule is C[C@]1(N=[N+]=N)CCCC(F)(F)[C@@H]1NC(=O)[O-]. The van der Waals surface area contributed by atoms with Crippen molar-refractivity contribution in [2.24, 2.45) is 5.11 Å². The van der Waals surface area contributed by atoms with Crippen LogP contribution in [0.2, 0.25) is 0 Å². The van der Waals surface area contributed by atoms with Crippen LogP contribution in [0.4, 0.5) is 13.6 Å². The zero-order chi connectivity index (χ0) is 12.4. The van der Waals surface area contributed by atoms with Gasteiger partial charge in [0, 0.05) is 6.42 Å². The van der Waals surface area contributed by atoms with Gasteiger partial charge < -0.3 is 15.2 Å². The maximum Gasteiger partial charge on any atom is 0.270 e. The number of carboxylic acid groups (broad SMARTS) is 1. The predicted octanol–water partition coefficient (Wildman–Crippen LogP) is 0.416. The first-order valence-corrected chi connectivity index (χ1v) is 4.76. The van der Waals surface area contributed by atoms with Gasteiger partial charge in [-0.15, -0.1) is 0 Å². The van der Waals surface area contributed by atoms with Crippen molar-refractivity contribution in [2.75, 3.05) is 0 Å². The van der Waals surface area contributed by atoms with Gasteiger partial charge in [-0.1, -0.05) is 0 Å². The number of carbonyl (C=O) groups is 1. The molecule has 1 aliphatic carbocycles. The summed E-state index contributed by atoms with van der Waals surface area (Å²) in [4.78, 5) is 13.1. The number of halogens is 2. The van der Waals surface area contributed by atoms with Gasteiger partial charge in [0.1, 0.15) is 22.8 Å². The molecule has 0 aromatic heterocycles. The summed E-state index contributed by atoms with van der Waals surface area (Å²) in [6.07, 6.45) is -1.75. The van der Waals surface area contributed by atoms with Crippen LogP contribution < -0.4 is 15.3 Å². The molecule has 1 amide bonds. The molecule has 0 saturated heterocycles. The molecule has 0 radical (unpaired) electrons. The molecule has 1 aliphatic rings. The van der Waals surface area contributed by atoms with Crippen molar-refractivity contribution in [3.8, 4) is 0 Å². The van der Waals surface area contributed by atoms with Crippen LogP contribution in [0, 0.1) is 5.53 Å². The van der Waals surface area contributed by atoms with Crippen molar-refractivity contribution < 1.29 is 18.7 Å². The van der Waals surface area contributed by atoms with Gasteiger partial charge in [0.15, 0.2) is 5.54 Å². The highest BCUT2D eigenvalue weighted by Crippen LogP contribution is 2.41. The summed E-state index contributed by atoms with van der Waals surface area (Å²) < 4.78 is 27.1. The van der Waals surface area contributed by atoms with Crippen molar-refractivity contribution in [1.82, 2.24) is 10.2 Å². The first-order valence-electron chi connectivity index (χ1n) is 4.76. The maximum absolute atomic E-state index is 13.5. The number of rotatable bonds is 2. The summed E-state index contributed by atoms with van der Waals surface area (Å²) in [6, 6.07) is -1.70. The van der Waals surface area contributed by atoms with E-state index >= 15 is 0 Å². The van der Waals surface area contributed by atoms with E-state index in [2.05, 4.69) is 10.0 Å². The molecule has 0 aromatic carbocycles. The van der Waals surface area contributed by atoms with E-state index in [0.717, 1.165) is 0 Å². The molecule has 0 unspecified atom stereocenters. The quantitative estimate of drug-likeness (QED) is 0.534. The van der Waals surface area contributed by atoms with Crippen molar-refractivity contribution in [2.45, 2.75) is 43.7 Å². The molecule has 1 fully saturated rings. The highest BCUT2D eigenvalue weighted by atomic mass is 19.3. The van der Waals surface area contributed by atoms with Gasteiger partial charge in [-0.05, 0) is 19.8 Å². The third-order valence-corrected chi connectivity index (χ3v) is 2.78. The summed E-state index contributed by atoms with van der Waals surface area (Å²) in [5.41, 5.74) is 5.19. The second-order valence-electron chi connectivity index (χ2n) is 4.04. The van der Waals surface area contributed by atoms with Crippen molar-refractivity contribution in [1.29, 1.82) is 5.53 Å². The van der Waals surface area contributed by atoms with Crippen molar-refractivity contribution in [3.05, 3.63) is 0 Å². The molecule has 8 heteroatoms. The molecular formula is C8H12F2N4O2. The zero-order valence-corrected chi connectivity index (χ0v) is 8.67. The number of alkyl halides is 2. The molecule has 16 heavy (non-hydrogen) atoms. The van der Waals surface area contributed by atoms with Crippen LogP contribution in [0.25, 0.3) is 0 Å². The third kappa shape index (κ3) is 2.33. The van der Waals surface area contributed by atoms with Gasteiger partial charge in [0.25, 0.3) is 5.92 Å². The molecule has 0 bridgehead atoms. The van der Waals surface area contributed by atoms with Crippen molar-refractivity contribution >= 4 is 6.09 Å². The smallest absolute Gasteiger partial charge is 0.270 e. The van der Waals surface area contributed by atoms with Crippen LogP contribution in [-0.2, 0) is 0 Å². The third-order valence-electron chi connectivity index (χ3n) is 2.78. The average molecular weight is 234 g/mol. The molecule has 1 saturated carbocycles. The van der Waals surface area contributed by atoms with Gasteiger partial charge >= 0.3 is 0 Å². The normalized spacial score (nSPS) is 32.6. The Balaban J connectivity index is 3.05. The van der Waals surface area contributed by atoms with E-state index in [0.29, 0.717) is 0 Å². The molecule has 1 rings (SSSR count). The average Bonchev–Trinajstić information content (AvgIpc) is 2.12. The van der Waals surface area contributed by atoms with E-state index in [1.807, 2.05) is 0 Å². The van der Waals surface area contributed by atoms with Gasteiger partial charge in [0.2, 0.25) is 4.91 Å². The Morgan fingerprint density at radius 1 is 1.62 bits per heavy atom. The molecule has 0 aliphatic heterocycles. The van der Waals surface area contributed by atoms with Crippen LogP contribution in [0.5, 0.6) is 0 Å². The minimum Gasteiger partial charge on any atom is -0.530 e. The van der Waals surface area contributed by atoms with Gasteiger partial charge in [-0.2, -0.15) is 0 Å². The fourth-order valence-corrected chi connectivity index (χ4v) is 2.03. The Hall–Kier alpha value is -1.56. The molecule has 6 nitrogen and oxygen atoms in total. The van der Waals surface area contributed by atoms with E-state index < -0.39 is 30.0 Å². The van der Waals surface area contributed by atoms with E-state index in [4.69, 9.17) is 5.53 Å². The Labute approximate surface area is 90.3 Å². The van der Waals surface area contributed by atoms with Gasteiger partial charge in [-0.25, -0.2) is 8.78 Å². The predicted molar refractivity (Wildman–Crippen MR) is 46.8 cm³/mol. The maximum atomic E-state index is 13.5. The first kappa shape index (κ1) is 12.5. The fourth-order valence-electron chi connectivity index (χ4n) is 2.03. The minimum atomic E-state index is -3.21. The number of nitrogens with one attached hydrogen (secondary N) is 2. The molecule has 2 atom stereocenters. The highest BCUT2D eigenvalue weighted by molar-refractivity contribution is 5.63. The first-order chi connectivity index (χ1) is 7.32. The lowest BCUT2D eigenvalue weighted by Gasteiger charge is -2.40. The van der Waals surface area contributed by atoms with E-state index in [-0.39, 0.29) is 12.8 Å². The highest BCUT2D eigenvalue weighted by Gasteiger charge is 2.56. The Kier molecular flexibility index (Phi) is 3.23. The Morgan fingerprint density at radius 3 is 2.75 bits per heavy atom. The Morgan fingerprint density at radius 2 is 2.25 bits per heavy atom. The summed E-state index contributed by atoms with van der Waals surface area (Å²) in [6.45, 7) is 1.35. The molecule has 0 heterocycles. The number of nitrogens with zero attached hydrogens (tertiary/aromatic N) is 2. The van der Waals surface area contributed by atoms with E-state index in [1.165, 1.54) is 6.92 Å². The van der Waals surface area contributed by atoms with Crippen LogP contribution in [0.1, 0.15) is 26.2 Å². The summed E-state index contributed by atoms with van der Waals surface area (Å²) in [5, 5.41) is 15.4. The van der Waals surface area contributed by atoms with Crippen molar-refractivity contribution in [3.63, 3.8) is 0 Å². The standard InChI is InChI=1S/C8H12F2N4O2/c1-7(13-14-11)3-2-4-8(9,10)5(7)12-6(15)16/h5,11-12H,2-4H2,1H3/t5-,7+/m1/s1. The summed E-state index contributed by atoms with van der Waals surface area (Å²) >= 11 is 0. The number of hydrogen-bond acceptors (Lipinski definition) is 4. The molecule has 0 spiro atoms. The number of hydrogen-bond donors (Lipinski definition) is 2. The van der Waals surface area contributed by atoms with Crippen LogP contribution in [-0.4, -0.2) is 23.6 Å². The minimum absolute atomic E-state index is 0.202. The monoisotopic (exact) mass is 234 g/mol. The molecular weight excluding hydrogens is 222 g/mol. The molecule has 90 valence electrons. The van der Waals surface area contributed by atoms with E-state index in [9.17, 15) is 18.7 Å². The lowest BCUT2D eigenvalue weighted by atomic mass is 9.77. The molecule has 0 aromatic rings. The van der Waals surface area contributed by atoms with E-state index in [1.54, 1.807) is 5.32 Å². The number of amides is 1. The second kappa shape index (κ2) is 4.13. The lowest BCUT2D eigenvalue weighted by Crippen LogP contribution is -2.63. The summed E-state index contributed by atoms with van der Waals surface area (Å²) in [7, 11) is 0. The zero-order valence-electron chi connectivity index (χ0n) is 8.67. The number of carbonyl (C=O) groups excluding carboxylic acids is 1. The molecule has 2 N–H and O–H groups in total. The van der Waals surface area contributed by atoms with Crippen LogP contribution in [0.3, 0.4) is 0 Å². The Bertz CT molecular complexity index is 343. The largest absolute Gasteiger partial charge is 0.530 e. The van der Waals surface area contributed by atoms with Gasteiger partial charge in [-0.3, -0.25) is 0 Å². The van der Waals surface area contributed by atoms with Crippen LogP contribution >= 0.6 is 0 Å². The summed E-state index contributed by atoms with van der Waals surface area (Å²) in [5.74, 6) is -3.21. The van der Waals surface area contributed by atoms with Gasteiger partial charge in [0.05, 0.1) is 0 Å². The topological polar surface area (TPSA) is 102 Å². The lowest BCUT2D eigenvalue weighted by molar-refractivity contribution is -0.255. The fraction of sp³-hybridized carbons (Fsp3) is 0.875. The van der Waals surface area contributed by atoms with Crippen LogP contribution in [0.15, 0.2) is 5.11 Å². The second-order valence-corrected chi connectivity index (χ2v) is 4.04.